The first-order valence-electron chi connectivity index (χ1n) is 5.94. The number of hydrogen-bond acceptors (Lipinski definition) is 2. The molecule has 0 radical (unpaired) electrons. The summed E-state index contributed by atoms with van der Waals surface area (Å²) < 4.78 is 0. The molecule has 0 aromatic heterocycles. The summed E-state index contributed by atoms with van der Waals surface area (Å²) >= 11 is 11.6. The fraction of sp³-hybridized carbons (Fsp3) is 0.385. The molecule has 0 saturated heterocycles. The van der Waals surface area contributed by atoms with Gasteiger partial charge in [-0.05, 0) is 18.2 Å². The Hall–Kier alpha value is -1.26. The van der Waals surface area contributed by atoms with Crippen LogP contribution in [0.4, 0.5) is 11.4 Å². The Kier molecular flexibility index (Phi) is 6.12. The number of carbonyl (C=O) groups is 2. The first-order valence-corrected chi connectivity index (χ1v) is 6.85. The number of amides is 2. The van der Waals surface area contributed by atoms with E-state index in [4.69, 9.17) is 23.2 Å². The average Bonchev–Trinajstić information content (AvgIpc) is 2.41. The first-order chi connectivity index (χ1) is 8.97. The molecule has 4 nitrogen and oxygen atoms in total. The third-order valence-corrected chi connectivity index (χ3v) is 3.30. The van der Waals surface area contributed by atoms with Gasteiger partial charge in [0.25, 0.3) is 0 Å². The fourth-order valence-electron chi connectivity index (χ4n) is 1.27. The summed E-state index contributed by atoms with van der Waals surface area (Å²) in [4.78, 5) is 23.0. The molecule has 1 unspecified atom stereocenters. The fourth-order valence-corrected chi connectivity index (χ4v) is 1.58. The van der Waals surface area contributed by atoms with E-state index in [0.29, 0.717) is 22.8 Å². The lowest BCUT2D eigenvalue weighted by Gasteiger charge is -2.12. The number of rotatable bonds is 5. The Bertz CT molecular complexity index is 478. The number of alkyl halides is 1. The third-order valence-electron chi connectivity index (χ3n) is 2.51. The normalized spacial score (nSPS) is 11.8. The van der Waals surface area contributed by atoms with Crippen LogP contribution in [0, 0.1) is 5.92 Å². The van der Waals surface area contributed by atoms with Crippen molar-refractivity contribution in [3.8, 4) is 0 Å². The van der Waals surface area contributed by atoms with E-state index in [1.54, 1.807) is 32.0 Å². The molecule has 6 heteroatoms. The van der Waals surface area contributed by atoms with Crippen LogP contribution < -0.4 is 10.6 Å². The standard InChI is InChI=1S/C13H16Cl2N2O2/c1-3-12(18)16-9-4-5-10(15)11(6-9)17-13(19)8(2)7-14/h4-6,8H,3,7H2,1-2H3,(H,16,18)(H,17,19). The highest BCUT2D eigenvalue weighted by molar-refractivity contribution is 6.34. The molecular weight excluding hydrogens is 287 g/mol. The largest absolute Gasteiger partial charge is 0.326 e. The van der Waals surface area contributed by atoms with Gasteiger partial charge in [0, 0.05) is 23.9 Å². The smallest absolute Gasteiger partial charge is 0.228 e. The van der Waals surface area contributed by atoms with Gasteiger partial charge in [-0.2, -0.15) is 0 Å². The molecule has 1 aromatic carbocycles. The van der Waals surface area contributed by atoms with Crippen molar-refractivity contribution in [3.05, 3.63) is 23.2 Å². The molecule has 0 aliphatic heterocycles. The molecule has 2 N–H and O–H groups in total. The second kappa shape index (κ2) is 7.36. The Labute approximate surface area is 122 Å². The zero-order valence-electron chi connectivity index (χ0n) is 10.8. The van der Waals surface area contributed by atoms with Crippen LogP contribution >= 0.6 is 23.2 Å². The first kappa shape index (κ1) is 15.8. The van der Waals surface area contributed by atoms with Gasteiger partial charge >= 0.3 is 0 Å². The monoisotopic (exact) mass is 302 g/mol. The minimum absolute atomic E-state index is 0.103. The molecule has 0 saturated carbocycles. The molecule has 1 aromatic rings. The Balaban J connectivity index is 2.85. The van der Waals surface area contributed by atoms with Crippen LogP contribution in [0.5, 0.6) is 0 Å². The minimum atomic E-state index is -0.313. The van der Waals surface area contributed by atoms with Gasteiger partial charge in [0.2, 0.25) is 11.8 Å². The van der Waals surface area contributed by atoms with Crippen LogP contribution in [0.3, 0.4) is 0 Å². The van der Waals surface area contributed by atoms with E-state index in [0.717, 1.165) is 0 Å². The average molecular weight is 303 g/mol. The molecule has 2 amide bonds. The molecule has 104 valence electrons. The molecule has 0 bridgehead atoms. The number of halogens is 2. The second-order valence-electron chi connectivity index (χ2n) is 4.14. The molecule has 19 heavy (non-hydrogen) atoms. The predicted octanol–water partition coefficient (Wildman–Crippen LogP) is 3.50. The van der Waals surface area contributed by atoms with Gasteiger partial charge in [-0.25, -0.2) is 0 Å². The zero-order chi connectivity index (χ0) is 14.4. The summed E-state index contributed by atoms with van der Waals surface area (Å²) in [6, 6.07) is 4.92. The maximum atomic E-state index is 11.7. The van der Waals surface area contributed by atoms with E-state index >= 15 is 0 Å². The van der Waals surface area contributed by atoms with Gasteiger partial charge in [-0.15, -0.1) is 11.6 Å². The molecule has 0 spiro atoms. The summed E-state index contributed by atoms with van der Waals surface area (Å²) in [6.45, 7) is 3.48. The van der Waals surface area contributed by atoms with E-state index < -0.39 is 0 Å². The number of anilines is 2. The van der Waals surface area contributed by atoms with Crippen molar-refractivity contribution >= 4 is 46.4 Å². The van der Waals surface area contributed by atoms with Crippen LogP contribution in [0.25, 0.3) is 0 Å². The Morgan fingerprint density at radius 1 is 1.32 bits per heavy atom. The van der Waals surface area contributed by atoms with E-state index in [1.165, 1.54) is 0 Å². The SMILES string of the molecule is CCC(=O)Nc1ccc(Cl)c(NC(=O)C(C)CCl)c1. The minimum Gasteiger partial charge on any atom is -0.326 e. The summed E-state index contributed by atoms with van der Waals surface area (Å²) in [7, 11) is 0. The molecule has 0 aliphatic carbocycles. The van der Waals surface area contributed by atoms with Crippen molar-refractivity contribution < 1.29 is 9.59 Å². The van der Waals surface area contributed by atoms with Crippen LogP contribution in [0.1, 0.15) is 20.3 Å². The van der Waals surface area contributed by atoms with Crippen molar-refractivity contribution in [2.75, 3.05) is 16.5 Å². The highest BCUT2D eigenvalue weighted by atomic mass is 35.5. The van der Waals surface area contributed by atoms with Crippen LogP contribution in [0.15, 0.2) is 18.2 Å². The lowest BCUT2D eigenvalue weighted by atomic mass is 10.2. The third kappa shape index (κ3) is 4.73. The summed E-state index contributed by atoms with van der Waals surface area (Å²) in [5.41, 5.74) is 1.04. The Morgan fingerprint density at radius 2 is 2.00 bits per heavy atom. The number of carbonyl (C=O) groups excluding carboxylic acids is 2. The molecule has 0 heterocycles. The predicted molar refractivity (Wildman–Crippen MR) is 78.9 cm³/mol. The number of nitrogens with one attached hydrogen (secondary N) is 2. The highest BCUT2D eigenvalue weighted by Crippen LogP contribution is 2.26. The maximum absolute atomic E-state index is 11.7. The molecule has 0 aliphatic rings. The maximum Gasteiger partial charge on any atom is 0.228 e. The highest BCUT2D eigenvalue weighted by Gasteiger charge is 2.13. The molecular formula is C13H16Cl2N2O2. The molecule has 0 fully saturated rings. The number of hydrogen-bond donors (Lipinski definition) is 2. The van der Waals surface area contributed by atoms with E-state index in [2.05, 4.69) is 10.6 Å². The van der Waals surface area contributed by atoms with Crippen molar-refractivity contribution in [2.45, 2.75) is 20.3 Å². The van der Waals surface area contributed by atoms with E-state index in [1.807, 2.05) is 0 Å². The second-order valence-corrected chi connectivity index (χ2v) is 4.86. The summed E-state index contributed by atoms with van der Waals surface area (Å²) in [5.74, 6) is -0.397. The van der Waals surface area contributed by atoms with Gasteiger partial charge in [0.15, 0.2) is 0 Å². The van der Waals surface area contributed by atoms with Crippen LogP contribution in [-0.2, 0) is 9.59 Å². The van der Waals surface area contributed by atoms with Crippen LogP contribution in [-0.4, -0.2) is 17.7 Å². The van der Waals surface area contributed by atoms with Gasteiger partial charge in [-0.3, -0.25) is 9.59 Å². The van der Waals surface area contributed by atoms with Gasteiger partial charge in [-0.1, -0.05) is 25.4 Å². The summed E-state index contributed by atoms with van der Waals surface area (Å²) in [6.07, 6.45) is 0.383. The van der Waals surface area contributed by atoms with Crippen LogP contribution in [0.2, 0.25) is 5.02 Å². The van der Waals surface area contributed by atoms with Crippen molar-refractivity contribution in [1.82, 2.24) is 0 Å². The van der Waals surface area contributed by atoms with Gasteiger partial charge in [0.1, 0.15) is 0 Å². The van der Waals surface area contributed by atoms with Crippen molar-refractivity contribution in [2.24, 2.45) is 5.92 Å². The summed E-state index contributed by atoms with van der Waals surface area (Å²) in [5, 5.41) is 5.79. The van der Waals surface area contributed by atoms with Gasteiger partial charge < -0.3 is 10.6 Å². The Morgan fingerprint density at radius 3 is 2.58 bits per heavy atom. The van der Waals surface area contributed by atoms with Gasteiger partial charge in [0.05, 0.1) is 10.7 Å². The lowest BCUT2D eigenvalue weighted by molar-refractivity contribution is -0.119. The quantitative estimate of drug-likeness (QED) is 0.818. The van der Waals surface area contributed by atoms with Crippen molar-refractivity contribution in [1.29, 1.82) is 0 Å². The lowest BCUT2D eigenvalue weighted by Crippen LogP contribution is -2.21. The van der Waals surface area contributed by atoms with E-state index in [9.17, 15) is 9.59 Å². The molecule has 1 rings (SSSR count). The topological polar surface area (TPSA) is 58.2 Å². The zero-order valence-corrected chi connectivity index (χ0v) is 12.3. The van der Waals surface area contributed by atoms with Crippen molar-refractivity contribution in [3.63, 3.8) is 0 Å². The van der Waals surface area contributed by atoms with E-state index in [-0.39, 0.29) is 23.6 Å². The molecule has 1 atom stereocenters. The number of benzene rings is 1.